The minimum atomic E-state index is 0.805. The Labute approximate surface area is 104 Å². The Balaban J connectivity index is 2.19. The lowest BCUT2D eigenvalue weighted by Gasteiger charge is -2.06. The van der Waals surface area contributed by atoms with Gasteiger partial charge in [0.2, 0.25) is 0 Å². The van der Waals surface area contributed by atoms with Gasteiger partial charge < -0.3 is 11.1 Å². The van der Waals surface area contributed by atoms with Crippen molar-refractivity contribution in [1.29, 1.82) is 0 Å². The van der Waals surface area contributed by atoms with E-state index in [4.69, 9.17) is 5.73 Å². The zero-order valence-corrected chi connectivity index (χ0v) is 10.8. The van der Waals surface area contributed by atoms with Crippen molar-refractivity contribution in [1.82, 2.24) is 9.97 Å². The molecule has 96 valence electrons. The number of nitrogens with one attached hydrogen (secondary N) is 1. The van der Waals surface area contributed by atoms with Crippen LogP contribution in [-0.4, -0.2) is 23.1 Å². The minimum absolute atomic E-state index is 0.805. The van der Waals surface area contributed by atoms with E-state index in [1.807, 2.05) is 6.07 Å². The maximum atomic E-state index is 5.45. The van der Waals surface area contributed by atoms with E-state index < -0.39 is 0 Å². The summed E-state index contributed by atoms with van der Waals surface area (Å²) in [6, 6.07) is 2.05. The number of anilines is 1. The van der Waals surface area contributed by atoms with E-state index in [1.54, 1.807) is 6.33 Å². The summed E-state index contributed by atoms with van der Waals surface area (Å²) in [5.41, 5.74) is 6.57. The largest absolute Gasteiger partial charge is 0.370 e. The van der Waals surface area contributed by atoms with E-state index in [-0.39, 0.29) is 0 Å². The first-order chi connectivity index (χ1) is 8.36. The van der Waals surface area contributed by atoms with Gasteiger partial charge in [0.1, 0.15) is 12.1 Å². The van der Waals surface area contributed by atoms with Crippen molar-refractivity contribution in [2.75, 3.05) is 18.4 Å². The molecule has 0 saturated heterocycles. The highest BCUT2D eigenvalue weighted by molar-refractivity contribution is 5.34. The molecule has 0 spiro atoms. The van der Waals surface area contributed by atoms with Gasteiger partial charge in [-0.2, -0.15) is 0 Å². The van der Waals surface area contributed by atoms with Gasteiger partial charge in [-0.05, 0) is 25.8 Å². The highest BCUT2D eigenvalue weighted by Gasteiger charge is 1.97. The average molecular weight is 236 g/mol. The van der Waals surface area contributed by atoms with Crippen LogP contribution in [0.4, 0.5) is 5.82 Å². The van der Waals surface area contributed by atoms with Crippen LogP contribution in [0.15, 0.2) is 12.4 Å². The molecule has 0 fully saturated rings. The molecule has 1 aromatic rings. The van der Waals surface area contributed by atoms with Crippen LogP contribution in [0.1, 0.15) is 44.7 Å². The molecule has 0 saturated carbocycles. The molecule has 1 rings (SSSR count). The topological polar surface area (TPSA) is 63.8 Å². The Bertz CT molecular complexity index is 301. The number of unbranched alkanes of at least 4 members (excludes halogenated alkanes) is 3. The van der Waals surface area contributed by atoms with Crippen LogP contribution in [0.2, 0.25) is 0 Å². The van der Waals surface area contributed by atoms with Crippen LogP contribution in [-0.2, 0) is 6.42 Å². The maximum Gasteiger partial charge on any atom is 0.129 e. The summed E-state index contributed by atoms with van der Waals surface area (Å²) in [5, 5.41) is 3.34. The zero-order valence-electron chi connectivity index (χ0n) is 10.8. The number of hydrogen-bond donors (Lipinski definition) is 2. The van der Waals surface area contributed by atoms with Crippen LogP contribution in [0.25, 0.3) is 0 Å². The van der Waals surface area contributed by atoms with Crippen molar-refractivity contribution in [3.8, 4) is 0 Å². The third kappa shape index (κ3) is 6.22. The van der Waals surface area contributed by atoms with Gasteiger partial charge in [-0.3, -0.25) is 0 Å². The van der Waals surface area contributed by atoms with Gasteiger partial charge >= 0.3 is 0 Å². The van der Waals surface area contributed by atoms with E-state index in [0.29, 0.717) is 0 Å². The molecule has 17 heavy (non-hydrogen) atoms. The first-order valence-electron chi connectivity index (χ1n) is 6.61. The molecule has 1 heterocycles. The summed E-state index contributed by atoms with van der Waals surface area (Å²) in [6.07, 6.45) is 8.55. The third-order valence-electron chi connectivity index (χ3n) is 2.67. The average Bonchev–Trinajstić information content (AvgIpc) is 2.35. The lowest BCUT2D eigenvalue weighted by atomic mass is 10.2. The summed E-state index contributed by atoms with van der Waals surface area (Å²) in [7, 11) is 0. The number of nitrogens with two attached hydrogens (primary N) is 1. The third-order valence-corrected chi connectivity index (χ3v) is 2.67. The van der Waals surface area contributed by atoms with Crippen LogP contribution >= 0.6 is 0 Å². The smallest absolute Gasteiger partial charge is 0.129 e. The zero-order chi connectivity index (χ0) is 12.3. The van der Waals surface area contributed by atoms with Gasteiger partial charge in [0.05, 0.1) is 0 Å². The summed E-state index contributed by atoms with van der Waals surface area (Å²) < 4.78 is 0. The molecule has 0 aromatic carbocycles. The molecular weight excluding hydrogens is 212 g/mol. The van der Waals surface area contributed by atoms with Gasteiger partial charge in [0.15, 0.2) is 0 Å². The van der Waals surface area contributed by atoms with Gasteiger partial charge in [-0.15, -0.1) is 0 Å². The first kappa shape index (κ1) is 13.9. The van der Waals surface area contributed by atoms with Crippen molar-refractivity contribution in [2.24, 2.45) is 5.73 Å². The molecule has 0 unspecified atom stereocenters. The van der Waals surface area contributed by atoms with Gasteiger partial charge in [-0.1, -0.05) is 26.2 Å². The lowest BCUT2D eigenvalue weighted by Crippen LogP contribution is -2.05. The molecule has 0 aliphatic rings. The molecule has 0 aliphatic carbocycles. The fourth-order valence-electron chi connectivity index (χ4n) is 1.73. The predicted octanol–water partition coefficient (Wildman–Crippen LogP) is 2.36. The van der Waals surface area contributed by atoms with Gasteiger partial charge in [0, 0.05) is 18.3 Å². The molecular formula is C13H24N4. The van der Waals surface area contributed by atoms with E-state index >= 15 is 0 Å². The number of aromatic nitrogens is 2. The quantitative estimate of drug-likeness (QED) is 0.646. The Morgan fingerprint density at radius 1 is 1.18 bits per heavy atom. The molecule has 3 N–H and O–H groups in total. The molecule has 0 bridgehead atoms. The highest BCUT2D eigenvalue weighted by atomic mass is 15.0. The predicted molar refractivity (Wildman–Crippen MR) is 72.0 cm³/mol. The van der Waals surface area contributed by atoms with Gasteiger partial charge in [0.25, 0.3) is 0 Å². The van der Waals surface area contributed by atoms with Crippen molar-refractivity contribution in [2.45, 2.75) is 45.4 Å². The Morgan fingerprint density at radius 2 is 2.00 bits per heavy atom. The lowest BCUT2D eigenvalue weighted by molar-refractivity contribution is 0.661. The van der Waals surface area contributed by atoms with Crippen LogP contribution in [0.3, 0.4) is 0 Å². The second-order valence-corrected chi connectivity index (χ2v) is 4.27. The van der Waals surface area contributed by atoms with Crippen LogP contribution in [0, 0.1) is 0 Å². The van der Waals surface area contributed by atoms with E-state index in [1.165, 1.54) is 19.3 Å². The summed E-state index contributed by atoms with van der Waals surface area (Å²) in [6.45, 7) is 3.94. The normalized spacial score (nSPS) is 10.5. The molecule has 4 heteroatoms. The Hall–Kier alpha value is -1.16. The standard InChI is InChI=1S/C13H24N4/c1-2-7-12-10-13(17-11-16-12)15-9-6-4-3-5-8-14/h10-11H,2-9,14H2,1H3,(H,15,16,17). The number of hydrogen-bond acceptors (Lipinski definition) is 4. The second-order valence-electron chi connectivity index (χ2n) is 4.27. The van der Waals surface area contributed by atoms with Crippen molar-refractivity contribution < 1.29 is 0 Å². The number of rotatable bonds is 9. The summed E-state index contributed by atoms with van der Waals surface area (Å²) in [5.74, 6) is 0.947. The fraction of sp³-hybridized carbons (Fsp3) is 0.692. The van der Waals surface area contributed by atoms with Gasteiger partial charge in [-0.25, -0.2) is 9.97 Å². The van der Waals surface area contributed by atoms with E-state index in [2.05, 4.69) is 22.2 Å². The molecule has 0 aliphatic heterocycles. The molecule has 0 amide bonds. The second kappa shape index (κ2) is 8.93. The summed E-state index contributed by atoms with van der Waals surface area (Å²) >= 11 is 0. The summed E-state index contributed by atoms with van der Waals surface area (Å²) in [4.78, 5) is 8.45. The molecule has 0 radical (unpaired) electrons. The number of nitrogens with zero attached hydrogens (tertiary/aromatic N) is 2. The number of aryl methyl sites for hydroxylation is 1. The van der Waals surface area contributed by atoms with Crippen LogP contribution < -0.4 is 11.1 Å². The minimum Gasteiger partial charge on any atom is -0.370 e. The van der Waals surface area contributed by atoms with Crippen molar-refractivity contribution in [3.63, 3.8) is 0 Å². The van der Waals surface area contributed by atoms with E-state index in [9.17, 15) is 0 Å². The van der Waals surface area contributed by atoms with Crippen LogP contribution in [0.5, 0.6) is 0 Å². The fourth-order valence-corrected chi connectivity index (χ4v) is 1.73. The maximum absolute atomic E-state index is 5.45. The van der Waals surface area contributed by atoms with Crippen molar-refractivity contribution in [3.05, 3.63) is 18.1 Å². The Kier molecular flexibility index (Phi) is 7.30. The highest BCUT2D eigenvalue weighted by Crippen LogP contribution is 2.06. The van der Waals surface area contributed by atoms with E-state index in [0.717, 1.165) is 43.9 Å². The molecule has 1 aromatic heterocycles. The SMILES string of the molecule is CCCc1cc(NCCCCCCN)ncn1. The monoisotopic (exact) mass is 236 g/mol. The molecule has 0 atom stereocenters. The molecule has 4 nitrogen and oxygen atoms in total. The van der Waals surface area contributed by atoms with Crippen molar-refractivity contribution >= 4 is 5.82 Å². The first-order valence-corrected chi connectivity index (χ1v) is 6.61. The Morgan fingerprint density at radius 3 is 2.76 bits per heavy atom.